The summed E-state index contributed by atoms with van der Waals surface area (Å²) in [5, 5.41) is 6.75. The molecule has 7 heteroatoms. The molecule has 1 unspecified atom stereocenters. The lowest BCUT2D eigenvalue weighted by atomic mass is 10.1. The van der Waals surface area contributed by atoms with Crippen molar-refractivity contribution in [3.8, 4) is 0 Å². The molecule has 1 amide bonds. The van der Waals surface area contributed by atoms with Gasteiger partial charge in [-0.1, -0.05) is 18.2 Å². The molecule has 1 fully saturated rings. The molecular weight excluding hydrogens is 359 g/mol. The molecule has 2 heterocycles. The van der Waals surface area contributed by atoms with Gasteiger partial charge in [0.2, 0.25) is 0 Å². The maximum atomic E-state index is 13.9. The first-order valence-electron chi connectivity index (χ1n) is 9.32. The summed E-state index contributed by atoms with van der Waals surface area (Å²) in [4.78, 5) is 20.6. The second-order valence-corrected chi connectivity index (χ2v) is 6.76. The highest BCUT2D eigenvalue weighted by Gasteiger charge is 2.16. The summed E-state index contributed by atoms with van der Waals surface area (Å²) in [6.07, 6.45) is 3.48. The summed E-state index contributed by atoms with van der Waals surface area (Å²) in [6, 6.07) is 12.2. The van der Waals surface area contributed by atoms with E-state index in [2.05, 4.69) is 20.6 Å². The van der Waals surface area contributed by atoms with Crippen LogP contribution < -0.4 is 10.6 Å². The summed E-state index contributed by atoms with van der Waals surface area (Å²) in [5.41, 5.74) is 1.80. The lowest BCUT2D eigenvalue weighted by molar-refractivity contribution is 0.0857. The van der Waals surface area contributed by atoms with E-state index in [9.17, 15) is 9.18 Å². The predicted octanol–water partition coefficient (Wildman–Crippen LogP) is 3.29. The molecule has 0 aliphatic carbocycles. The molecule has 2 N–H and O–H groups in total. The summed E-state index contributed by atoms with van der Waals surface area (Å²) in [5.74, 6) is 0.0532. The van der Waals surface area contributed by atoms with Crippen LogP contribution in [0.5, 0.6) is 0 Å². The number of nitrogens with one attached hydrogen (secondary N) is 2. The molecular formula is C21H21FN4O2. The highest BCUT2D eigenvalue weighted by Crippen LogP contribution is 2.21. The van der Waals surface area contributed by atoms with Crippen LogP contribution in [0.1, 0.15) is 28.8 Å². The van der Waals surface area contributed by atoms with Gasteiger partial charge in [-0.2, -0.15) is 0 Å². The van der Waals surface area contributed by atoms with Crippen molar-refractivity contribution >= 4 is 22.6 Å². The number of aromatic nitrogens is 2. The minimum Gasteiger partial charge on any atom is -0.376 e. The second kappa shape index (κ2) is 8.31. The Bertz CT molecular complexity index is 989. The van der Waals surface area contributed by atoms with Gasteiger partial charge in [0.15, 0.2) is 0 Å². The molecule has 1 aliphatic heterocycles. The molecule has 1 aliphatic rings. The number of halogens is 1. The molecule has 0 radical (unpaired) electrons. The predicted molar refractivity (Wildman–Crippen MR) is 105 cm³/mol. The zero-order chi connectivity index (χ0) is 19.3. The first-order valence-corrected chi connectivity index (χ1v) is 9.32. The van der Waals surface area contributed by atoms with Crippen LogP contribution >= 0.6 is 0 Å². The Morgan fingerprint density at radius 2 is 2.11 bits per heavy atom. The van der Waals surface area contributed by atoms with E-state index in [1.54, 1.807) is 18.2 Å². The third-order valence-corrected chi connectivity index (χ3v) is 4.78. The fraction of sp³-hybridized carbons (Fsp3) is 0.286. The summed E-state index contributed by atoms with van der Waals surface area (Å²) in [7, 11) is 0. The maximum Gasteiger partial charge on any atom is 0.251 e. The van der Waals surface area contributed by atoms with E-state index in [0.29, 0.717) is 29.9 Å². The molecule has 2 aromatic carbocycles. The molecule has 0 bridgehead atoms. The van der Waals surface area contributed by atoms with Crippen LogP contribution in [0, 0.1) is 5.82 Å². The molecule has 3 aromatic rings. The zero-order valence-electron chi connectivity index (χ0n) is 15.3. The Hall–Kier alpha value is -3.06. The van der Waals surface area contributed by atoms with Crippen LogP contribution in [0.3, 0.4) is 0 Å². The van der Waals surface area contributed by atoms with Crippen molar-refractivity contribution in [1.82, 2.24) is 15.3 Å². The van der Waals surface area contributed by atoms with E-state index >= 15 is 0 Å². The highest BCUT2D eigenvalue weighted by molar-refractivity contribution is 5.94. The maximum absolute atomic E-state index is 13.9. The van der Waals surface area contributed by atoms with Crippen LogP contribution in [0.2, 0.25) is 0 Å². The van der Waals surface area contributed by atoms with Gasteiger partial charge < -0.3 is 15.4 Å². The number of carbonyl (C=O) groups excluding carboxylic acids is 1. The van der Waals surface area contributed by atoms with E-state index in [0.717, 1.165) is 25.0 Å². The largest absolute Gasteiger partial charge is 0.376 e. The number of hydrogen-bond donors (Lipinski definition) is 2. The fourth-order valence-corrected chi connectivity index (χ4v) is 3.31. The van der Waals surface area contributed by atoms with Crippen LogP contribution in [-0.2, 0) is 11.3 Å². The third kappa shape index (κ3) is 4.09. The van der Waals surface area contributed by atoms with Gasteiger partial charge in [0, 0.05) is 30.6 Å². The van der Waals surface area contributed by atoms with Gasteiger partial charge >= 0.3 is 0 Å². The molecule has 0 saturated carbocycles. The van der Waals surface area contributed by atoms with Crippen molar-refractivity contribution < 1.29 is 13.9 Å². The van der Waals surface area contributed by atoms with Gasteiger partial charge in [-0.3, -0.25) is 4.79 Å². The number of fused-ring (bicyclic) bond motifs is 1. The number of nitrogens with zero attached hydrogens (tertiary/aromatic N) is 2. The van der Waals surface area contributed by atoms with Gasteiger partial charge in [-0.25, -0.2) is 14.4 Å². The molecule has 144 valence electrons. The average molecular weight is 380 g/mol. The zero-order valence-corrected chi connectivity index (χ0v) is 15.3. The number of ether oxygens (including phenoxy) is 1. The van der Waals surface area contributed by atoms with Gasteiger partial charge in [0.25, 0.3) is 5.91 Å². The molecule has 0 spiro atoms. The molecule has 6 nitrogen and oxygen atoms in total. The molecule has 1 atom stereocenters. The third-order valence-electron chi connectivity index (χ3n) is 4.78. The van der Waals surface area contributed by atoms with Crippen molar-refractivity contribution in [1.29, 1.82) is 0 Å². The number of para-hydroxylation sites is 1. The molecule has 28 heavy (non-hydrogen) atoms. The first-order chi connectivity index (χ1) is 13.7. The summed E-state index contributed by atoms with van der Waals surface area (Å²) < 4.78 is 19.4. The van der Waals surface area contributed by atoms with Crippen molar-refractivity contribution in [3.05, 3.63) is 65.7 Å². The van der Waals surface area contributed by atoms with E-state index in [1.165, 1.54) is 12.4 Å². The number of rotatable bonds is 6. The van der Waals surface area contributed by atoms with Crippen LogP contribution in [0.4, 0.5) is 10.2 Å². The number of amides is 1. The lowest BCUT2D eigenvalue weighted by Crippen LogP contribution is -2.31. The highest BCUT2D eigenvalue weighted by atomic mass is 19.1. The van der Waals surface area contributed by atoms with Gasteiger partial charge in [-0.15, -0.1) is 0 Å². The van der Waals surface area contributed by atoms with Gasteiger partial charge in [0.1, 0.15) is 23.5 Å². The standard InChI is InChI=1S/C21H21FN4O2/c22-18-8-2-7-17-19(18)25-13-26-20(17)23-11-14-4-1-5-15(10-14)21(27)24-12-16-6-3-9-28-16/h1-2,4-5,7-8,10,13,16H,3,6,9,11-12H2,(H,24,27)(H,23,25,26). The number of anilines is 1. The topological polar surface area (TPSA) is 76.1 Å². The van der Waals surface area contributed by atoms with Crippen molar-refractivity contribution in [2.24, 2.45) is 0 Å². The number of benzene rings is 2. The quantitative estimate of drug-likeness (QED) is 0.686. The summed E-state index contributed by atoms with van der Waals surface area (Å²) >= 11 is 0. The van der Waals surface area contributed by atoms with E-state index in [4.69, 9.17) is 4.74 Å². The van der Waals surface area contributed by atoms with Crippen molar-refractivity contribution in [2.75, 3.05) is 18.5 Å². The average Bonchev–Trinajstić information content (AvgIpc) is 3.25. The monoisotopic (exact) mass is 380 g/mol. The number of carbonyl (C=O) groups is 1. The molecule has 1 saturated heterocycles. The minimum atomic E-state index is -0.382. The Morgan fingerprint density at radius 3 is 2.96 bits per heavy atom. The van der Waals surface area contributed by atoms with E-state index < -0.39 is 0 Å². The van der Waals surface area contributed by atoms with E-state index in [1.807, 2.05) is 18.2 Å². The SMILES string of the molecule is O=C(NCC1CCCO1)c1cccc(CNc2ncnc3c(F)cccc23)c1. The summed E-state index contributed by atoms with van der Waals surface area (Å²) in [6.45, 7) is 1.75. The second-order valence-electron chi connectivity index (χ2n) is 6.76. The first kappa shape index (κ1) is 18.3. The Kier molecular flexibility index (Phi) is 5.43. The smallest absolute Gasteiger partial charge is 0.251 e. The fourth-order valence-electron chi connectivity index (χ4n) is 3.31. The Balaban J connectivity index is 1.42. The van der Waals surface area contributed by atoms with E-state index in [-0.39, 0.29) is 23.3 Å². The Labute approximate surface area is 162 Å². The van der Waals surface area contributed by atoms with Crippen molar-refractivity contribution in [2.45, 2.75) is 25.5 Å². The normalized spacial score (nSPS) is 16.2. The number of hydrogen-bond acceptors (Lipinski definition) is 5. The van der Waals surface area contributed by atoms with Crippen LogP contribution in [0.15, 0.2) is 48.8 Å². The van der Waals surface area contributed by atoms with Gasteiger partial charge in [-0.05, 0) is 42.7 Å². The van der Waals surface area contributed by atoms with Crippen molar-refractivity contribution in [3.63, 3.8) is 0 Å². The minimum absolute atomic E-state index is 0.111. The molecule has 4 rings (SSSR count). The lowest BCUT2D eigenvalue weighted by Gasteiger charge is -2.12. The molecule has 1 aromatic heterocycles. The van der Waals surface area contributed by atoms with Gasteiger partial charge in [0.05, 0.1) is 6.10 Å². The Morgan fingerprint density at radius 1 is 1.21 bits per heavy atom. The van der Waals surface area contributed by atoms with Crippen LogP contribution in [-0.4, -0.2) is 35.1 Å². The van der Waals surface area contributed by atoms with Crippen LogP contribution in [0.25, 0.3) is 10.9 Å².